The van der Waals surface area contributed by atoms with E-state index in [1.165, 1.54) is 82.0 Å². The molecule has 0 aliphatic carbocycles. The van der Waals surface area contributed by atoms with Gasteiger partial charge >= 0.3 is 0 Å². The van der Waals surface area contributed by atoms with Crippen LogP contribution in [-0.2, 0) is 0 Å². The van der Waals surface area contributed by atoms with Gasteiger partial charge in [0.1, 0.15) is 11.2 Å². The molecule has 0 amide bonds. The lowest BCUT2D eigenvalue weighted by atomic mass is 9.85. The molecule has 0 N–H and O–H groups in total. The lowest BCUT2D eigenvalue weighted by Crippen LogP contribution is -1.91. The highest BCUT2D eigenvalue weighted by molar-refractivity contribution is 7.08. The Bertz CT molecular complexity index is 3050. The Morgan fingerprint density at radius 1 is 0.327 bits per heavy atom. The lowest BCUT2D eigenvalue weighted by molar-refractivity contribution is 0.670. The van der Waals surface area contributed by atoms with E-state index < -0.39 is 0 Å². The summed E-state index contributed by atoms with van der Waals surface area (Å²) in [4.78, 5) is 0. The maximum absolute atomic E-state index is 6.89. The van der Waals surface area contributed by atoms with E-state index in [1.54, 1.807) is 11.3 Å². The predicted octanol–water partition coefficient (Wildman–Crippen LogP) is 14.9. The second kappa shape index (κ2) is 11.5. The molecular weight excluding hydrogens is 649 g/mol. The average molecular weight is 679 g/mol. The van der Waals surface area contributed by atoms with E-state index in [9.17, 15) is 0 Å². The predicted molar refractivity (Wildman–Crippen MR) is 223 cm³/mol. The third kappa shape index (κ3) is 4.28. The van der Waals surface area contributed by atoms with Gasteiger partial charge in [0.25, 0.3) is 0 Å². The van der Waals surface area contributed by atoms with Crippen LogP contribution in [-0.4, -0.2) is 0 Å². The molecule has 0 fully saturated rings. The van der Waals surface area contributed by atoms with Crippen LogP contribution in [0.25, 0.3) is 110 Å². The highest BCUT2D eigenvalue weighted by Gasteiger charge is 2.21. The van der Waals surface area contributed by atoms with Gasteiger partial charge in [-0.15, -0.1) is 0 Å². The summed E-state index contributed by atoms with van der Waals surface area (Å²) in [6, 6.07) is 61.8. The first kappa shape index (κ1) is 29.3. The first-order valence-electron chi connectivity index (χ1n) is 17.7. The number of furan rings is 1. The summed E-state index contributed by atoms with van der Waals surface area (Å²) in [5.41, 5.74) is 11.6. The second-order valence-electron chi connectivity index (χ2n) is 13.6. The van der Waals surface area contributed by atoms with E-state index >= 15 is 0 Å². The van der Waals surface area contributed by atoms with E-state index in [0.717, 1.165) is 27.5 Å². The van der Waals surface area contributed by atoms with Crippen molar-refractivity contribution in [2.75, 3.05) is 0 Å². The van der Waals surface area contributed by atoms with Gasteiger partial charge < -0.3 is 4.42 Å². The summed E-state index contributed by atoms with van der Waals surface area (Å²) >= 11 is 1.75. The summed E-state index contributed by atoms with van der Waals surface area (Å²) in [5.74, 6) is 0. The van der Waals surface area contributed by atoms with Crippen LogP contribution in [0.2, 0.25) is 0 Å². The molecule has 0 radical (unpaired) electrons. The molecule has 0 aliphatic heterocycles. The molecule has 1 nitrogen and oxygen atoms in total. The van der Waals surface area contributed by atoms with Crippen LogP contribution in [0, 0.1) is 0 Å². The van der Waals surface area contributed by atoms with Crippen LogP contribution in [0.4, 0.5) is 0 Å². The molecule has 0 saturated carbocycles. The Hall–Kier alpha value is -6.48. The monoisotopic (exact) mass is 678 g/mol. The highest BCUT2D eigenvalue weighted by Crippen LogP contribution is 2.48. The quantitative estimate of drug-likeness (QED) is 0.169. The summed E-state index contributed by atoms with van der Waals surface area (Å²) in [6.45, 7) is 0. The number of para-hydroxylation sites is 1. The van der Waals surface area contributed by atoms with E-state index in [4.69, 9.17) is 4.42 Å². The molecule has 11 aromatic rings. The molecule has 9 aromatic carbocycles. The fourth-order valence-electron chi connectivity index (χ4n) is 8.64. The van der Waals surface area contributed by atoms with Gasteiger partial charge in [-0.25, -0.2) is 0 Å². The van der Waals surface area contributed by atoms with Crippen molar-refractivity contribution in [3.63, 3.8) is 0 Å². The fraction of sp³-hybridized carbons (Fsp3) is 0. The van der Waals surface area contributed by atoms with Crippen LogP contribution >= 0.6 is 11.3 Å². The second-order valence-corrected chi connectivity index (χ2v) is 14.3. The maximum atomic E-state index is 6.89. The van der Waals surface area contributed by atoms with Crippen LogP contribution in [0.15, 0.2) is 185 Å². The van der Waals surface area contributed by atoms with E-state index in [-0.39, 0.29) is 0 Å². The Kier molecular flexibility index (Phi) is 6.49. The van der Waals surface area contributed by atoms with Crippen molar-refractivity contribution < 1.29 is 4.42 Å². The summed E-state index contributed by atoms with van der Waals surface area (Å²) in [6.07, 6.45) is 0. The topological polar surface area (TPSA) is 13.1 Å². The van der Waals surface area contributed by atoms with Crippen molar-refractivity contribution in [3.05, 3.63) is 181 Å². The molecule has 0 aliphatic rings. The van der Waals surface area contributed by atoms with E-state index in [2.05, 4.69) is 181 Å². The van der Waals surface area contributed by atoms with Crippen LogP contribution in [0.1, 0.15) is 0 Å². The first-order chi connectivity index (χ1) is 25.8. The van der Waals surface area contributed by atoms with Crippen molar-refractivity contribution in [3.8, 4) is 44.5 Å². The molecule has 11 rings (SSSR count). The molecule has 2 heteroatoms. The lowest BCUT2D eigenvalue weighted by Gasteiger charge is -2.17. The van der Waals surface area contributed by atoms with Gasteiger partial charge in [-0.05, 0) is 105 Å². The smallest absolute Gasteiger partial charge is 0.143 e. The summed E-state index contributed by atoms with van der Waals surface area (Å²) < 4.78 is 6.89. The normalized spacial score (nSPS) is 11.8. The SMILES string of the molecule is c1ccc(-c2c3ccccc3c(-c3cccc4c3oc3ccc(-c5c6ccccc6c(-c6ccsc6)c6ccccc56)cc34)c3ccccc23)cc1. The van der Waals surface area contributed by atoms with Gasteiger partial charge in [0.15, 0.2) is 0 Å². The Balaban J connectivity index is 1.19. The Labute approximate surface area is 304 Å². The number of benzene rings is 9. The van der Waals surface area contributed by atoms with Crippen molar-refractivity contribution in [1.29, 1.82) is 0 Å². The molecular formula is C50H30OS. The van der Waals surface area contributed by atoms with Crippen molar-refractivity contribution in [2.45, 2.75) is 0 Å². The molecule has 0 atom stereocenters. The van der Waals surface area contributed by atoms with Gasteiger partial charge in [0.2, 0.25) is 0 Å². The van der Waals surface area contributed by atoms with Gasteiger partial charge in [-0.2, -0.15) is 11.3 Å². The molecule has 0 bridgehead atoms. The molecule has 242 valence electrons. The summed E-state index contributed by atoms with van der Waals surface area (Å²) in [5, 5.41) is 16.6. The number of fused-ring (bicyclic) bond motifs is 7. The number of hydrogen-bond donors (Lipinski definition) is 0. The number of thiophene rings is 1. The maximum Gasteiger partial charge on any atom is 0.143 e. The minimum Gasteiger partial charge on any atom is -0.455 e. The van der Waals surface area contributed by atoms with Crippen molar-refractivity contribution >= 4 is 76.4 Å². The van der Waals surface area contributed by atoms with Crippen LogP contribution in [0.5, 0.6) is 0 Å². The van der Waals surface area contributed by atoms with Crippen molar-refractivity contribution in [2.24, 2.45) is 0 Å². The first-order valence-corrected chi connectivity index (χ1v) is 18.7. The minimum absolute atomic E-state index is 0.893. The standard InChI is InChI=1S/C50H30OS/c1-2-13-31(14-3-1)46-38-19-8-10-21-40(38)49(41-22-11-9-20-39(41)46)43-24-12-23-42-44-29-32(25-26-45(44)51-50(42)43)47-34-15-4-6-17-36(34)48(33-27-28-52-30-33)37-18-7-5-16-35(37)47/h1-30H. The fourth-order valence-corrected chi connectivity index (χ4v) is 9.29. The third-order valence-electron chi connectivity index (χ3n) is 10.8. The highest BCUT2D eigenvalue weighted by atomic mass is 32.1. The Morgan fingerprint density at radius 3 is 1.35 bits per heavy atom. The number of hydrogen-bond acceptors (Lipinski definition) is 2. The summed E-state index contributed by atoms with van der Waals surface area (Å²) in [7, 11) is 0. The van der Waals surface area contributed by atoms with Crippen LogP contribution < -0.4 is 0 Å². The Morgan fingerprint density at radius 2 is 0.808 bits per heavy atom. The molecule has 2 aromatic heterocycles. The largest absolute Gasteiger partial charge is 0.455 e. The van der Waals surface area contributed by atoms with Gasteiger partial charge in [0, 0.05) is 21.9 Å². The zero-order chi connectivity index (χ0) is 34.2. The third-order valence-corrected chi connectivity index (χ3v) is 11.5. The van der Waals surface area contributed by atoms with Crippen molar-refractivity contribution in [1.82, 2.24) is 0 Å². The van der Waals surface area contributed by atoms with Gasteiger partial charge in [0.05, 0.1) is 0 Å². The average Bonchev–Trinajstić information content (AvgIpc) is 3.88. The molecule has 0 spiro atoms. The minimum atomic E-state index is 0.893. The van der Waals surface area contributed by atoms with E-state index in [0.29, 0.717) is 0 Å². The van der Waals surface area contributed by atoms with Gasteiger partial charge in [-0.3, -0.25) is 0 Å². The molecule has 0 saturated heterocycles. The zero-order valence-electron chi connectivity index (χ0n) is 28.1. The van der Waals surface area contributed by atoms with Gasteiger partial charge in [-0.1, -0.05) is 152 Å². The van der Waals surface area contributed by atoms with E-state index in [1.807, 2.05) is 0 Å². The molecule has 2 heterocycles. The number of rotatable bonds is 4. The van der Waals surface area contributed by atoms with Crippen LogP contribution in [0.3, 0.4) is 0 Å². The zero-order valence-corrected chi connectivity index (χ0v) is 29.0. The molecule has 52 heavy (non-hydrogen) atoms. The molecule has 0 unspecified atom stereocenters.